The molecule has 0 atom stereocenters. The van der Waals surface area contributed by atoms with Crippen LogP contribution >= 0.6 is 0 Å². The number of benzene rings is 2. The number of hydrogen-bond donors (Lipinski definition) is 0. The summed E-state index contributed by atoms with van der Waals surface area (Å²) in [5, 5.41) is 0. The highest BCUT2D eigenvalue weighted by atomic mass is 16.5. The predicted molar refractivity (Wildman–Crippen MR) is 96.7 cm³/mol. The Morgan fingerprint density at radius 1 is 1.08 bits per heavy atom. The lowest BCUT2D eigenvalue weighted by Crippen LogP contribution is -2.28. The molecule has 1 amide bonds. The number of carbonyl (C=O) groups excluding carboxylic acids is 1. The van der Waals surface area contributed by atoms with E-state index in [2.05, 4.69) is 23.1 Å². The number of para-hydroxylation sites is 1. The Kier molecular flexibility index (Phi) is 5.04. The molecule has 0 unspecified atom stereocenters. The van der Waals surface area contributed by atoms with Gasteiger partial charge in [0.05, 0.1) is 7.11 Å². The number of methoxy groups -OCH3 is 1. The summed E-state index contributed by atoms with van der Waals surface area (Å²) in [6.45, 7) is 2.82. The summed E-state index contributed by atoms with van der Waals surface area (Å²) >= 11 is 0. The van der Waals surface area contributed by atoms with Gasteiger partial charge in [-0.2, -0.15) is 0 Å². The SMILES string of the molecule is COc1ccc(C(=O)N(C)Cc2ccccc2N2CCCC2)cc1. The van der Waals surface area contributed by atoms with Crippen molar-refractivity contribution in [1.29, 1.82) is 0 Å². The van der Waals surface area contributed by atoms with E-state index < -0.39 is 0 Å². The highest BCUT2D eigenvalue weighted by molar-refractivity contribution is 5.94. The standard InChI is InChI=1S/C20H24N2O2/c1-21(20(23)16-9-11-18(24-2)12-10-16)15-17-7-3-4-8-19(17)22-13-5-6-14-22/h3-4,7-12H,5-6,13-15H2,1-2H3. The fourth-order valence-electron chi connectivity index (χ4n) is 3.19. The van der Waals surface area contributed by atoms with Crippen molar-refractivity contribution >= 4 is 11.6 Å². The summed E-state index contributed by atoms with van der Waals surface area (Å²) < 4.78 is 5.15. The molecule has 0 saturated carbocycles. The predicted octanol–water partition coefficient (Wildman–Crippen LogP) is 3.57. The molecule has 4 heteroatoms. The molecule has 0 N–H and O–H groups in total. The van der Waals surface area contributed by atoms with E-state index in [4.69, 9.17) is 4.74 Å². The second-order valence-electron chi connectivity index (χ2n) is 6.21. The molecule has 24 heavy (non-hydrogen) atoms. The third kappa shape index (κ3) is 3.53. The molecule has 1 fully saturated rings. The normalized spacial score (nSPS) is 13.8. The maximum atomic E-state index is 12.7. The van der Waals surface area contributed by atoms with Crippen LogP contribution in [0.1, 0.15) is 28.8 Å². The number of hydrogen-bond acceptors (Lipinski definition) is 3. The molecular weight excluding hydrogens is 300 g/mol. The third-order valence-electron chi connectivity index (χ3n) is 4.53. The van der Waals surface area contributed by atoms with Gasteiger partial charge in [-0.1, -0.05) is 18.2 Å². The number of carbonyl (C=O) groups is 1. The van der Waals surface area contributed by atoms with Gasteiger partial charge in [0.25, 0.3) is 5.91 Å². The van der Waals surface area contributed by atoms with Gasteiger partial charge in [0, 0.05) is 37.9 Å². The molecule has 2 aromatic carbocycles. The van der Waals surface area contributed by atoms with E-state index in [-0.39, 0.29) is 5.91 Å². The summed E-state index contributed by atoms with van der Waals surface area (Å²) in [6, 6.07) is 15.6. The Balaban J connectivity index is 1.74. The molecule has 1 aliphatic heterocycles. The highest BCUT2D eigenvalue weighted by Gasteiger charge is 2.18. The van der Waals surface area contributed by atoms with E-state index in [0.29, 0.717) is 12.1 Å². The largest absolute Gasteiger partial charge is 0.497 e. The lowest BCUT2D eigenvalue weighted by molar-refractivity contribution is 0.0785. The zero-order valence-corrected chi connectivity index (χ0v) is 14.4. The van der Waals surface area contributed by atoms with Gasteiger partial charge in [-0.3, -0.25) is 4.79 Å². The van der Waals surface area contributed by atoms with Gasteiger partial charge >= 0.3 is 0 Å². The van der Waals surface area contributed by atoms with Crippen LogP contribution in [0.2, 0.25) is 0 Å². The van der Waals surface area contributed by atoms with Crippen LogP contribution in [0.5, 0.6) is 5.75 Å². The van der Waals surface area contributed by atoms with Crippen LogP contribution in [0.15, 0.2) is 48.5 Å². The van der Waals surface area contributed by atoms with E-state index in [1.807, 2.05) is 37.4 Å². The first kappa shape index (κ1) is 16.4. The van der Waals surface area contributed by atoms with Crippen molar-refractivity contribution in [3.05, 3.63) is 59.7 Å². The minimum atomic E-state index is 0.0221. The van der Waals surface area contributed by atoms with E-state index in [1.54, 1.807) is 12.0 Å². The maximum Gasteiger partial charge on any atom is 0.253 e. The Morgan fingerprint density at radius 2 is 1.75 bits per heavy atom. The van der Waals surface area contributed by atoms with Crippen molar-refractivity contribution in [2.45, 2.75) is 19.4 Å². The van der Waals surface area contributed by atoms with Gasteiger partial charge in [-0.15, -0.1) is 0 Å². The average molecular weight is 324 g/mol. The minimum Gasteiger partial charge on any atom is -0.497 e. The molecular formula is C20H24N2O2. The summed E-state index contributed by atoms with van der Waals surface area (Å²) in [5.74, 6) is 0.780. The third-order valence-corrected chi connectivity index (χ3v) is 4.53. The van der Waals surface area contributed by atoms with Gasteiger partial charge in [0.2, 0.25) is 0 Å². The van der Waals surface area contributed by atoms with Crippen molar-refractivity contribution < 1.29 is 9.53 Å². The first-order chi connectivity index (χ1) is 11.7. The fourth-order valence-corrected chi connectivity index (χ4v) is 3.19. The monoisotopic (exact) mass is 324 g/mol. The van der Waals surface area contributed by atoms with Crippen molar-refractivity contribution in [2.24, 2.45) is 0 Å². The molecule has 2 aromatic rings. The smallest absolute Gasteiger partial charge is 0.253 e. The van der Waals surface area contributed by atoms with Crippen LogP contribution < -0.4 is 9.64 Å². The molecule has 0 spiro atoms. The Hall–Kier alpha value is -2.49. The number of anilines is 1. The van der Waals surface area contributed by atoms with Crippen molar-refractivity contribution in [3.63, 3.8) is 0 Å². The summed E-state index contributed by atoms with van der Waals surface area (Å²) in [5.41, 5.74) is 3.13. The zero-order chi connectivity index (χ0) is 16.9. The molecule has 126 valence electrons. The van der Waals surface area contributed by atoms with Gasteiger partial charge in [-0.05, 0) is 48.7 Å². The molecule has 1 aliphatic rings. The van der Waals surface area contributed by atoms with Crippen LogP contribution in [-0.4, -0.2) is 38.1 Å². The molecule has 3 rings (SSSR count). The molecule has 0 aliphatic carbocycles. The van der Waals surface area contributed by atoms with Crippen LogP contribution in [0, 0.1) is 0 Å². The topological polar surface area (TPSA) is 32.8 Å². The van der Waals surface area contributed by atoms with Gasteiger partial charge in [0.1, 0.15) is 5.75 Å². The lowest BCUT2D eigenvalue weighted by atomic mass is 10.1. The maximum absolute atomic E-state index is 12.7. The second-order valence-corrected chi connectivity index (χ2v) is 6.21. The van der Waals surface area contributed by atoms with Crippen LogP contribution in [0.3, 0.4) is 0 Å². The number of nitrogens with zero attached hydrogens (tertiary/aromatic N) is 2. The van der Waals surface area contributed by atoms with Crippen LogP contribution in [-0.2, 0) is 6.54 Å². The van der Waals surface area contributed by atoms with E-state index >= 15 is 0 Å². The molecule has 0 radical (unpaired) electrons. The van der Waals surface area contributed by atoms with Crippen molar-refractivity contribution in [1.82, 2.24) is 4.90 Å². The Labute approximate surface area is 143 Å². The lowest BCUT2D eigenvalue weighted by Gasteiger charge is -2.24. The zero-order valence-electron chi connectivity index (χ0n) is 14.4. The molecule has 1 heterocycles. The highest BCUT2D eigenvalue weighted by Crippen LogP contribution is 2.25. The first-order valence-electron chi connectivity index (χ1n) is 8.41. The molecule has 0 aromatic heterocycles. The fraction of sp³-hybridized carbons (Fsp3) is 0.350. The average Bonchev–Trinajstić information content (AvgIpc) is 3.16. The number of rotatable bonds is 5. The van der Waals surface area contributed by atoms with Crippen LogP contribution in [0.4, 0.5) is 5.69 Å². The van der Waals surface area contributed by atoms with E-state index in [1.165, 1.54) is 24.1 Å². The van der Waals surface area contributed by atoms with Crippen molar-refractivity contribution in [2.75, 3.05) is 32.1 Å². The summed E-state index contributed by atoms with van der Waals surface area (Å²) in [4.78, 5) is 16.8. The van der Waals surface area contributed by atoms with Crippen LogP contribution in [0.25, 0.3) is 0 Å². The summed E-state index contributed by atoms with van der Waals surface area (Å²) in [7, 11) is 3.48. The van der Waals surface area contributed by atoms with Gasteiger partial charge < -0.3 is 14.5 Å². The number of amides is 1. The second kappa shape index (κ2) is 7.39. The van der Waals surface area contributed by atoms with E-state index in [0.717, 1.165) is 18.8 Å². The Bertz CT molecular complexity index is 691. The quantitative estimate of drug-likeness (QED) is 0.843. The first-order valence-corrected chi connectivity index (χ1v) is 8.41. The Morgan fingerprint density at radius 3 is 2.42 bits per heavy atom. The summed E-state index contributed by atoms with van der Waals surface area (Å²) in [6.07, 6.45) is 2.49. The van der Waals surface area contributed by atoms with Gasteiger partial charge in [0.15, 0.2) is 0 Å². The molecule has 4 nitrogen and oxygen atoms in total. The molecule has 1 saturated heterocycles. The number of ether oxygens (including phenoxy) is 1. The molecule has 0 bridgehead atoms. The van der Waals surface area contributed by atoms with E-state index in [9.17, 15) is 4.79 Å². The van der Waals surface area contributed by atoms with Gasteiger partial charge in [-0.25, -0.2) is 0 Å². The van der Waals surface area contributed by atoms with Crippen molar-refractivity contribution in [3.8, 4) is 5.75 Å². The minimum absolute atomic E-state index is 0.0221.